The molecule has 1 heterocycles. The van der Waals surface area contributed by atoms with Crippen LogP contribution >= 0.6 is 23.2 Å². The molecule has 166 valence electrons. The Bertz CT molecular complexity index is 986. The van der Waals surface area contributed by atoms with E-state index in [0.717, 1.165) is 12.1 Å². The SMILES string of the molecule is CC(=O)N(C[C@@H]1CN(Cc2ccc(Cl)c(Cl)c2)CCO1)S(=O)c1ccc(C(=O)O)cc1. The molecule has 3 rings (SSSR count). The van der Waals surface area contributed by atoms with Crippen LogP contribution in [0.15, 0.2) is 47.4 Å². The standard InChI is InChI=1S/C21H22Cl2N2O5S/c1-14(26)25(31(29)18-5-3-16(4-6-18)21(27)28)13-17-12-24(8-9-30-17)11-15-2-7-19(22)20(23)10-15/h2-7,10,17H,8-9,11-13H2,1H3,(H,27,28)/t17-,31?/m0/s1. The predicted octanol–water partition coefficient (Wildman–Crippen LogP) is 3.46. The molecule has 1 amide bonds. The third kappa shape index (κ3) is 6.27. The van der Waals surface area contributed by atoms with Crippen molar-refractivity contribution in [3.8, 4) is 0 Å². The lowest BCUT2D eigenvalue weighted by molar-refractivity contribution is -0.126. The molecule has 1 fully saturated rings. The summed E-state index contributed by atoms with van der Waals surface area (Å²) in [6.07, 6.45) is -0.317. The Balaban J connectivity index is 1.66. The summed E-state index contributed by atoms with van der Waals surface area (Å²) in [4.78, 5) is 25.7. The van der Waals surface area contributed by atoms with E-state index in [4.69, 9.17) is 33.0 Å². The number of halogens is 2. The Morgan fingerprint density at radius 3 is 2.52 bits per heavy atom. The Morgan fingerprint density at radius 2 is 1.90 bits per heavy atom. The first-order valence-electron chi connectivity index (χ1n) is 9.56. The average Bonchev–Trinajstić information content (AvgIpc) is 2.74. The number of amides is 1. The molecule has 7 nitrogen and oxygen atoms in total. The van der Waals surface area contributed by atoms with Gasteiger partial charge in [0.1, 0.15) is 0 Å². The van der Waals surface area contributed by atoms with Crippen molar-refractivity contribution in [3.63, 3.8) is 0 Å². The van der Waals surface area contributed by atoms with Crippen LogP contribution in [-0.2, 0) is 27.1 Å². The molecule has 1 N–H and O–H groups in total. The van der Waals surface area contributed by atoms with Crippen molar-refractivity contribution in [2.24, 2.45) is 0 Å². The molecule has 1 aliphatic rings. The summed E-state index contributed by atoms with van der Waals surface area (Å²) >= 11 is 12.1. The summed E-state index contributed by atoms with van der Waals surface area (Å²) in [5, 5.41) is 10.0. The highest BCUT2D eigenvalue weighted by molar-refractivity contribution is 7.83. The van der Waals surface area contributed by atoms with E-state index in [1.807, 2.05) is 12.1 Å². The second kappa shape index (κ2) is 10.6. The zero-order valence-electron chi connectivity index (χ0n) is 16.8. The van der Waals surface area contributed by atoms with E-state index in [9.17, 15) is 13.8 Å². The maximum atomic E-state index is 13.0. The Labute approximate surface area is 193 Å². The minimum atomic E-state index is -1.77. The second-order valence-electron chi connectivity index (χ2n) is 7.14. The number of hydrogen-bond donors (Lipinski definition) is 1. The molecule has 0 spiro atoms. The van der Waals surface area contributed by atoms with Gasteiger partial charge in [-0.3, -0.25) is 14.0 Å². The van der Waals surface area contributed by atoms with Gasteiger partial charge in [-0.05, 0) is 42.0 Å². The Morgan fingerprint density at radius 1 is 1.19 bits per heavy atom. The topological polar surface area (TPSA) is 87.2 Å². The average molecular weight is 485 g/mol. The van der Waals surface area contributed by atoms with Crippen LogP contribution in [0.25, 0.3) is 0 Å². The van der Waals surface area contributed by atoms with Crippen LogP contribution in [0.1, 0.15) is 22.8 Å². The number of aromatic carboxylic acids is 1. The van der Waals surface area contributed by atoms with Crippen LogP contribution in [0.3, 0.4) is 0 Å². The highest BCUT2D eigenvalue weighted by Crippen LogP contribution is 2.24. The number of nitrogens with zero attached hydrogens (tertiary/aromatic N) is 2. The molecule has 1 saturated heterocycles. The first-order valence-corrected chi connectivity index (χ1v) is 11.4. The summed E-state index contributed by atoms with van der Waals surface area (Å²) in [6.45, 7) is 3.91. The fourth-order valence-corrected chi connectivity index (χ4v) is 4.75. The van der Waals surface area contributed by atoms with Gasteiger partial charge in [0, 0.05) is 26.6 Å². The van der Waals surface area contributed by atoms with Crippen molar-refractivity contribution in [2.75, 3.05) is 26.2 Å². The lowest BCUT2D eigenvalue weighted by Gasteiger charge is -2.35. The van der Waals surface area contributed by atoms with Crippen LogP contribution in [-0.4, -0.2) is 62.7 Å². The van der Waals surface area contributed by atoms with E-state index in [2.05, 4.69) is 4.90 Å². The fourth-order valence-electron chi connectivity index (χ4n) is 3.27. The van der Waals surface area contributed by atoms with Gasteiger partial charge in [0.05, 0.1) is 39.8 Å². The fraction of sp³-hybridized carbons (Fsp3) is 0.333. The number of benzene rings is 2. The van der Waals surface area contributed by atoms with Gasteiger partial charge in [-0.2, -0.15) is 0 Å². The van der Waals surface area contributed by atoms with Crippen LogP contribution in [0.5, 0.6) is 0 Å². The number of carboxylic acid groups (broad SMARTS) is 1. The van der Waals surface area contributed by atoms with Crippen molar-refractivity contribution in [3.05, 3.63) is 63.6 Å². The van der Waals surface area contributed by atoms with E-state index in [1.165, 1.54) is 35.5 Å². The second-order valence-corrected chi connectivity index (χ2v) is 9.36. The number of ether oxygens (including phenoxy) is 1. The van der Waals surface area contributed by atoms with Crippen molar-refractivity contribution >= 4 is 46.1 Å². The zero-order valence-corrected chi connectivity index (χ0v) is 19.1. The van der Waals surface area contributed by atoms with Gasteiger partial charge in [0.25, 0.3) is 0 Å². The highest BCUT2D eigenvalue weighted by Gasteiger charge is 2.27. The summed E-state index contributed by atoms with van der Waals surface area (Å²) in [6, 6.07) is 11.1. The molecule has 0 bridgehead atoms. The molecule has 2 aromatic rings. The molecule has 10 heteroatoms. The molecule has 31 heavy (non-hydrogen) atoms. The molecule has 1 aliphatic heterocycles. The smallest absolute Gasteiger partial charge is 0.335 e. The third-order valence-corrected chi connectivity index (χ3v) is 7.06. The maximum absolute atomic E-state index is 13.0. The number of hydrogen-bond acceptors (Lipinski definition) is 5. The molecular weight excluding hydrogens is 463 g/mol. The number of rotatable bonds is 7. The molecule has 0 aliphatic carbocycles. The van der Waals surface area contributed by atoms with Crippen LogP contribution in [0.4, 0.5) is 0 Å². The van der Waals surface area contributed by atoms with Gasteiger partial charge in [-0.15, -0.1) is 0 Å². The minimum Gasteiger partial charge on any atom is -0.478 e. The molecule has 0 saturated carbocycles. The molecule has 1 unspecified atom stereocenters. The van der Waals surface area contributed by atoms with E-state index < -0.39 is 17.0 Å². The summed E-state index contributed by atoms with van der Waals surface area (Å²) < 4.78 is 20.0. The largest absolute Gasteiger partial charge is 0.478 e. The predicted molar refractivity (Wildman–Crippen MR) is 119 cm³/mol. The minimum absolute atomic E-state index is 0.0867. The number of carbonyl (C=O) groups excluding carboxylic acids is 1. The Hall–Kier alpha value is -1.97. The molecular formula is C21H22Cl2N2O5S. The molecule has 0 aromatic heterocycles. The normalized spacial score (nSPS) is 17.8. The van der Waals surface area contributed by atoms with Crippen molar-refractivity contribution in [2.45, 2.75) is 24.5 Å². The van der Waals surface area contributed by atoms with Gasteiger partial charge in [0.15, 0.2) is 11.0 Å². The molecule has 2 aromatic carbocycles. The van der Waals surface area contributed by atoms with Gasteiger partial charge < -0.3 is 9.84 Å². The summed E-state index contributed by atoms with van der Waals surface area (Å²) in [5.74, 6) is -1.43. The Kier molecular flexibility index (Phi) is 8.07. The lowest BCUT2D eigenvalue weighted by atomic mass is 10.2. The first kappa shape index (κ1) is 23.7. The van der Waals surface area contributed by atoms with E-state index in [0.29, 0.717) is 34.6 Å². The van der Waals surface area contributed by atoms with Crippen molar-refractivity contribution in [1.29, 1.82) is 0 Å². The highest BCUT2D eigenvalue weighted by atomic mass is 35.5. The number of carbonyl (C=O) groups is 2. The van der Waals surface area contributed by atoms with Gasteiger partial charge in [0.2, 0.25) is 5.91 Å². The van der Waals surface area contributed by atoms with Crippen molar-refractivity contribution < 1.29 is 23.6 Å². The number of morpholine rings is 1. The lowest BCUT2D eigenvalue weighted by Crippen LogP contribution is -2.48. The van der Waals surface area contributed by atoms with E-state index >= 15 is 0 Å². The van der Waals surface area contributed by atoms with Gasteiger partial charge in [-0.25, -0.2) is 9.00 Å². The number of carboxylic acids is 1. The summed E-state index contributed by atoms with van der Waals surface area (Å²) in [7, 11) is -1.77. The van der Waals surface area contributed by atoms with E-state index in [-0.39, 0.29) is 24.1 Å². The van der Waals surface area contributed by atoms with Gasteiger partial charge in [-0.1, -0.05) is 29.3 Å². The molecule has 0 radical (unpaired) electrons. The maximum Gasteiger partial charge on any atom is 0.335 e. The molecule has 2 atom stereocenters. The monoisotopic (exact) mass is 484 g/mol. The van der Waals surface area contributed by atoms with Crippen LogP contribution in [0.2, 0.25) is 10.0 Å². The first-order chi connectivity index (χ1) is 14.7. The van der Waals surface area contributed by atoms with Crippen molar-refractivity contribution in [1.82, 2.24) is 9.21 Å². The quantitative estimate of drug-likeness (QED) is 0.647. The third-order valence-electron chi connectivity index (χ3n) is 4.84. The van der Waals surface area contributed by atoms with Crippen LogP contribution in [0, 0.1) is 0 Å². The summed E-state index contributed by atoms with van der Waals surface area (Å²) in [5.41, 5.74) is 1.10. The van der Waals surface area contributed by atoms with Crippen LogP contribution < -0.4 is 0 Å². The zero-order chi connectivity index (χ0) is 22.5. The van der Waals surface area contributed by atoms with E-state index in [1.54, 1.807) is 6.07 Å². The van der Waals surface area contributed by atoms with Gasteiger partial charge >= 0.3 is 5.97 Å².